The number of nitrogens with zero attached hydrogens (tertiary/aromatic N) is 3. The van der Waals surface area contributed by atoms with Crippen LogP contribution < -0.4 is 11.1 Å². The predicted octanol–water partition coefficient (Wildman–Crippen LogP) is -0.116. The van der Waals surface area contributed by atoms with E-state index in [1.165, 1.54) is 45.6 Å². The van der Waals surface area contributed by atoms with Gasteiger partial charge in [-0.2, -0.15) is 0 Å². The molecule has 0 unspecified atom stereocenters. The summed E-state index contributed by atoms with van der Waals surface area (Å²) < 4.78 is 0. The van der Waals surface area contributed by atoms with Crippen molar-refractivity contribution in [1.29, 1.82) is 0 Å². The molecule has 5 nitrogen and oxygen atoms in total. The normalized spacial score (nSPS) is 23.6. The van der Waals surface area contributed by atoms with Crippen LogP contribution in [0.15, 0.2) is 0 Å². The summed E-state index contributed by atoms with van der Waals surface area (Å²) in [5.41, 5.74) is 5.64. The van der Waals surface area contributed by atoms with Gasteiger partial charge in [-0.25, -0.2) is 0 Å². The van der Waals surface area contributed by atoms with Crippen molar-refractivity contribution in [3.63, 3.8) is 0 Å². The monoisotopic (exact) mass is 285 g/mol. The van der Waals surface area contributed by atoms with Crippen molar-refractivity contribution in [3.05, 3.63) is 0 Å². The van der Waals surface area contributed by atoms with E-state index < -0.39 is 0 Å². The van der Waals surface area contributed by atoms with E-state index in [0.717, 1.165) is 39.1 Å². The lowest BCUT2D eigenvalue weighted by Crippen LogP contribution is -2.38. The van der Waals surface area contributed by atoms with Crippen molar-refractivity contribution in [2.45, 2.75) is 19.3 Å². The minimum absolute atomic E-state index is 0.802. The summed E-state index contributed by atoms with van der Waals surface area (Å²) in [5, 5.41) is 3.56. The lowest BCUT2D eigenvalue weighted by atomic mass is 10.3. The third-order valence-corrected chi connectivity index (χ3v) is 4.05. The molecule has 1 aliphatic rings. The molecule has 0 bridgehead atoms. The zero-order valence-electron chi connectivity index (χ0n) is 13.6. The first-order valence-electron chi connectivity index (χ1n) is 8.22. The molecule has 3 N–H and O–H groups in total. The second-order valence-electron chi connectivity index (χ2n) is 6.05. The van der Waals surface area contributed by atoms with Crippen molar-refractivity contribution < 1.29 is 0 Å². The van der Waals surface area contributed by atoms with Crippen molar-refractivity contribution in [2.24, 2.45) is 5.73 Å². The highest BCUT2D eigenvalue weighted by molar-refractivity contribution is 4.65. The van der Waals surface area contributed by atoms with Gasteiger partial charge in [0.2, 0.25) is 0 Å². The van der Waals surface area contributed by atoms with Gasteiger partial charge in [0, 0.05) is 26.2 Å². The minimum atomic E-state index is 0.802. The van der Waals surface area contributed by atoms with Gasteiger partial charge in [-0.05, 0) is 72.6 Å². The van der Waals surface area contributed by atoms with Crippen molar-refractivity contribution >= 4 is 0 Å². The zero-order valence-corrected chi connectivity index (χ0v) is 13.6. The fourth-order valence-electron chi connectivity index (χ4n) is 2.62. The van der Waals surface area contributed by atoms with Gasteiger partial charge in [0.1, 0.15) is 0 Å². The third kappa shape index (κ3) is 8.87. The molecule has 1 fully saturated rings. The maximum absolute atomic E-state index is 5.64. The fraction of sp³-hybridized carbons (Fsp3) is 1.00. The summed E-state index contributed by atoms with van der Waals surface area (Å²) in [5.74, 6) is 0. The Kier molecular flexibility index (Phi) is 10.2. The lowest BCUT2D eigenvalue weighted by molar-refractivity contribution is 0.219. The van der Waals surface area contributed by atoms with E-state index in [1.54, 1.807) is 0 Å². The molecule has 120 valence electrons. The summed E-state index contributed by atoms with van der Waals surface area (Å²) in [7, 11) is 4.47. The molecule has 20 heavy (non-hydrogen) atoms. The highest BCUT2D eigenvalue weighted by atomic mass is 15.2. The van der Waals surface area contributed by atoms with Crippen LogP contribution in [0.25, 0.3) is 0 Å². The molecular formula is C15H35N5. The SMILES string of the molecule is CN1CCCNCCN(CCCN)CCCN(C)CC1. The molecule has 5 heteroatoms. The molecule has 1 heterocycles. The molecule has 0 spiro atoms. The van der Waals surface area contributed by atoms with Gasteiger partial charge in [-0.15, -0.1) is 0 Å². The summed E-state index contributed by atoms with van der Waals surface area (Å²) in [6, 6.07) is 0. The van der Waals surface area contributed by atoms with Crippen LogP contribution in [0.1, 0.15) is 19.3 Å². The Hall–Kier alpha value is -0.200. The summed E-state index contributed by atoms with van der Waals surface area (Å²) in [6.07, 6.45) is 3.61. The van der Waals surface area contributed by atoms with E-state index in [-0.39, 0.29) is 0 Å². The van der Waals surface area contributed by atoms with Gasteiger partial charge in [0.05, 0.1) is 0 Å². The highest BCUT2D eigenvalue weighted by Gasteiger charge is 2.07. The van der Waals surface area contributed by atoms with E-state index in [2.05, 4.69) is 34.1 Å². The molecule has 0 aliphatic carbocycles. The number of rotatable bonds is 3. The van der Waals surface area contributed by atoms with Crippen LogP contribution in [-0.2, 0) is 0 Å². The number of hydrogen-bond acceptors (Lipinski definition) is 5. The molecule has 0 aromatic rings. The Morgan fingerprint density at radius 2 is 1.55 bits per heavy atom. The van der Waals surface area contributed by atoms with Gasteiger partial charge in [0.25, 0.3) is 0 Å². The molecule has 0 atom stereocenters. The molecule has 1 saturated heterocycles. The Balaban J connectivity index is 2.34. The average molecular weight is 285 g/mol. The number of likely N-dealkylation sites (N-methyl/N-ethyl adjacent to an activating group) is 2. The van der Waals surface area contributed by atoms with E-state index >= 15 is 0 Å². The van der Waals surface area contributed by atoms with Crippen LogP contribution in [0.5, 0.6) is 0 Å². The molecule has 0 amide bonds. The largest absolute Gasteiger partial charge is 0.330 e. The third-order valence-electron chi connectivity index (χ3n) is 4.05. The van der Waals surface area contributed by atoms with Crippen LogP contribution in [0.2, 0.25) is 0 Å². The number of hydrogen-bond donors (Lipinski definition) is 2. The average Bonchev–Trinajstić information content (AvgIpc) is 2.44. The number of nitrogens with two attached hydrogens (primary N) is 1. The number of nitrogens with one attached hydrogen (secondary N) is 1. The second kappa shape index (κ2) is 11.5. The molecule has 0 aromatic heterocycles. The molecule has 0 aromatic carbocycles. The topological polar surface area (TPSA) is 47.8 Å². The van der Waals surface area contributed by atoms with E-state index in [0.29, 0.717) is 0 Å². The zero-order chi connectivity index (χ0) is 14.6. The first-order valence-corrected chi connectivity index (χ1v) is 8.22. The Bertz CT molecular complexity index is 224. The van der Waals surface area contributed by atoms with Crippen LogP contribution in [-0.4, -0.2) is 94.2 Å². The van der Waals surface area contributed by atoms with Crippen molar-refractivity contribution in [1.82, 2.24) is 20.0 Å². The van der Waals surface area contributed by atoms with Gasteiger partial charge in [0.15, 0.2) is 0 Å². The maximum atomic E-state index is 5.64. The Labute approximate surface area is 125 Å². The smallest absolute Gasteiger partial charge is 0.0107 e. The van der Waals surface area contributed by atoms with Gasteiger partial charge >= 0.3 is 0 Å². The van der Waals surface area contributed by atoms with Crippen molar-refractivity contribution in [2.75, 3.05) is 79.5 Å². The van der Waals surface area contributed by atoms with E-state index in [1.807, 2.05) is 0 Å². The van der Waals surface area contributed by atoms with Crippen LogP contribution in [0.3, 0.4) is 0 Å². The summed E-state index contributed by atoms with van der Waals surface area (Å²) >= 11 is 0. The van der Waals surface area contributed by atoms with Crippen molar-refractivity contribution in [3.8, 4) is 0 Å². The quantitative estimate of drug-likeness (QED) is 0.757. The molecule has 0 saturated carbocycles. The minimum Gasteiger partial charge on any atom is -0.330 e. The van der Waals surface area contributed by atoms with Crippen LogP contribution in [0.4, 0.5) is 0 Å². The predicted molar refractivity (Wildman–Crippen MR) is 87.2 cm³/mol. The Morgan fingerprint density at radius 3 is 2.25 bits per heavy atom. The first kappa shape index (κ1) is 17.9. The van der Waals surface area contributed by atoms with E-state index in [9.17, 15) is 0 Å². The Morgan fingerprint density at radius 1 is 0.850 bits per heavy atom. The molecule has 1 aliphatic heterocycles. The molecule has 1 rings (SSSR count). The lowest BCUT2D eigenvalue weighted by Gasteiger charge is -2.26. The summed E-state index contributed by atoms with van der Waals surface area (Å²) in [4.78, 5) is 7.46. The van der Waals surface area contributed by atoms with Crippen LogP contribution >= 0.6 is 0 Å². The first-order chi connectivity index (χ1) is 9.72. The standard InChI is InChI=1S/C15H35N5/c1-18-9-4-7-17-8-13-20(11-3-6-16)12-5-10-19(2)15-14-18/h17H,3-16H2,1-2H3. The molecule has 0 radical (unpaired) electrons. The van der Waals surface area contributed by atoms with E-state index in [4.69, 9.17) is 5.73 Å². The highest BCUT2D eigenvalue weighted by Crippen LogP contribution is 1.97. The van der Waals surface area contributed by atoms with Crippen LogP contribution in [0, 0.1) is 0 Å². The molecular weight excluding hydrogens is 250 g/mol. The second-order valence-corrected chi connectivity index (χ2v) is 6.05. The fourth-order valence-corrected chi connectivity index (χ4v) is 2.62. The van der Waals surface area contributed by atoms with Gasteiger partial charge < -0.3 is 25.8 Å². The van der Waals surface area contributed by atoms with Gasteiger partial charge in [-0.3, -0.25) is 0 Å². The van der Waals surface area contributed by atoms with Gasteiger partial charge in [-0.1, -0.05) is 0 Å². The maximum Gasteiger partial charge on any atom is 0.0107 e. The summed E-state index contributed by atoms with van der Waals surface area (Å²) in [6.45, 7) is 11.3.